The predicted octanol–water partition coefficient (Wildman–Crippen LogP) is 2.85. The van der Waals surface area contributed by atoms with Crippen molar-refractivity contribution in [3.05, 3.63) is 33.9 Å². The largest absolute Gasteiger partial charge is 0.382 e. The Kier molecular flexibility index (Phi) is 4.37. The minimum Gasteiger partial charge on any atom is -0.382 e. The molecule has 5 heteroatoms. The van der Waals surface area contributed by atoms with Crippen molar-refractivity contribution in [1.29, 1.82) is 0 Å². The average Bonchev–Trinajstić information content (AvgIpc) is 2.41. The molecule has 0 aliphatic heterocycles. The molecule has 0 radical (unpaired) electrons. The molecule has 2 rings (SSSR count). The van der Waals surface area contributed by atoms with E-state index < -0.39 is 0 Å². The number of nitro groups is 1. The molecule has 1 aromatic carbocycles. The fraction of sp³-hybridized carbons (Fsp3) is 0.571. The van der Waals surface area contributed by atoms with Crippen molar-refractivity contribution in [2.75, 3.05) is 12.4 Å². The third kappa shape index (κ3) is 3.44. The van der Waals surface area contributed by atoms with E-state index in [2.05, 4.69) is 10.6 Å². The van der Waals surface area contributed by atoms with Crippen LogP contribution in [0.25, 0.3) is 0 Å². The monoisotopic (exact) mass is 263 g/mol. The van der Waals surface area contributed by atoms with Crippen molar-refractivity contribution in [3.63, 3.8) is 0 Å². The number of nitro benzene ring substituents is 1. The van der Waals surface area contributed by atoms with Crippen LogP contribution >= 0.6 is 0 Å². The van der Waals surface area contributed by atoms with Crippen LogP contribution in [-0.2, 0) is 0 Å². The highest BCUT2D eigenvalue weighted by molar-refractivity contribution is 5.55. The fourth-order valence-corrected chi connectivity index (χ4v) is 2.66. The van der Waals surface area contributed by atoms with Crippen molar-refractivity contribution in [2.24, 2.45) is 0 Å². The summed E-state index contributed by atoms with van der Waals surface area (Å²) in [5.41, 5.74) is 1.74. The maximum absolute atomic E-state index is 10.9. The number of hydrogen-bond acceptors (Lipinski definition) is 4. The molecule has 0 amide bonds. The van der Waals surface area contributed by atoms with Gasteiger partial charge in [0.25, 0.3) is 5.69 Å². The van der Waals surface area contributed by atoms with E-state index in [0.717, 1.165) is 31.4 Å². The van der Waals surface area contributed by atoms with Crippen LogP contribution < -0.4 is 10.6 Å². The Morgan fingerprint density at radius 3 is 2.42 bits per heavy atom. The van der Waals surface area contributed by atoms with Gasteiger partial charge in [-0.05, 0) is 45.7 Å². The SMILES string of the molecule is CNC1CCC(Nc2ccc(C)c([N+](=O)[O-])c2)CC1. The molecule has 1 fully saturated rings. The van der Waals surface area contributed by atoms with Gasteiger partial charge in [0, 0.05) is 29.4 Å². The Bertz CT molecular complexity index is 454. The number of hydrogen-bond donors (Lipinski definition) is 2. The lowest BCUT2D eigenvalue weighted by Crippen LogP contribution is -2.34. The molecule has 104 valence electrons. The topological polar surface area (TPSA) is 67.2 Å². The first kappa shape index (κ1) is 13.8. The molecule has 0 bridgehead atoms. The lowest BCUT2D eigenvalue weighted by Gasteiger charge is -2.29. The second kappa shape index (κ2) is 6.02. The molecule has 19 heavy (non-hydrogen) atoms. The molecule has 0 spiro atoms. The summed E-state index contributed by atoms with van der Waals surface area (Å²) < 4.78 is 0. The van der Waals surface area contributed by atoms with Gasteiger partial charge >= 0.3 is 0 Å². The average molecular weight is 263 g/mol. The molecule has 1 aromatic rings. The van der Waals surface area contributed by atoms with Crippen molar-refractivity contribution in [2.45, 2.75) is 44.7 Å². The predicted molar refractivity (Wildman–Crippen MR) is 76.6 cm³/mol. The van der Waals surface area contributed by atoms with E-state index in [9.17, 15) is 10.1 Å². The number of benzene rings is 1. The smallest absolute Gasteiger partial charge is 0.274 e. The molecule has 2 N–H and O–H groups in total. The molecular formula is C14H21N3O2. The van der Waals surface area contributed by atoms with E-state index >= 15 is 0 Å². The van der Waals surface area contributed by atoms with Gasteiger partial charge in [-0.2, -0.15) is 0 Å². The van der Waals surface area contributed by atoms with Crippen molar-refractivity contribution in [1.82, 2.24) is 5.32 Å². The minimum atomic E-state index is -0.321. The standard InChI is InChI=1S/C14H21N3O2/c1-10-3-4-13(9-14(10)17(18)19)16-12-7-5-11(15-2)6-8-12/h3-4,9,11-12,15-16H,5-8H2,1-2H3. The highest BCUT2D eigenvalue weighted by atomic mass is 16.6. The van der Waals surface area contributed by atoms with Crippen molar-refractivity contribution >= 4 is 11.4 Å². The van der Waals surface area contributed by atoms with Gasteiger partial charge < -0.3 is 10.6 Å². The Labute approximate surface area is 113 Å². The second-order valence-electron chi connectivity index (χ2n) is 5.24. The molecule has 0 atom stereocenters. The summed E-state index contributed by atoms with van der Waals surface area (Å²) in [7, 11) is 2.00. The van der Waals surface area contributed by atoms with Crippen LogP contribution in [0.4, 0.5) is 11.4 Å². The zero-order valence-electron chi connectivity index (χ0n) is 11.5. The third-order valence-corrected chi connectivity index (χ3v) is 3.91. The van der Waals surface area contributed by atoms with Crippen LogP contribution in [0.2, 0.25) is 0 Å². The number of rotatable bonds is 4. The summed E-state index contributed by atoms with van der Waals surface area (Å²) in [6.45, 7) is 1.76. The van der Waals surface area contributed by atoms with E-state index in [4.69, 9.17) is 0 Å². The summed E-state index contributed by atoms with van der Waals surface area (Å²) in [5, 5.41) is 17.6. The third-order valence-electron chi connectivity index (χ3n) is 3.91. The first-order valence-electron chi connectivity index (χ1n) is 6.79. The van der Waals surface area contributed by atoms with E-state index in [-0.39, 0.29) is 10.6 Å². The van der Waals surface area contributed by atoms with Gasteiger partial charge in [0.1, 0.15) is 0 Å². The summed E-state index contributed by atoms with van der Waals surface area (Å²) >= 11 is 0. The Hall–Kier alpha value is -1.62. The summed E-state index contributed by atoms with van der Waals surface area (Å²) in [4.78, 5) is 10.6. The van der Waals surface area contributed by atoms with Crippen LogP contribution in [0.3, 0.4) is 0 Å². The van der Waals surface area contributed by atoms with E-state index in [1.54, 1.807) is 19.1 Å². The van der Waals surface area contributed by atoms with Crippen molar-refractivity contribution in [3.8, 4) is 0 Å². The highest BCUT2D eigenvalue weighted by Crippen LogP contribution is 2.26. The van der Waals surface area contributed by atoms with Gasteiger partial charge in [0.15, 0.2) is 0 Å². The number of aryl methyl sites for hydroxylation is 1. The van der Waals surface area contributed by atoms with Crippen LogP contribution in [0.15, 0.2) is 18.2 Å². The number of anilines is 1. The quantitative estimate of drug-likeness (QED) is 0.647. The summed E-state index contributed by atoms with van der Waals surface area (Å²) in [6, 6.07) is 6.41. The molecule has 0 saturated heterocycles. The van der Waals surface area contributed by atoms with E-state index in [1.807, 2.05) is 13.1 Å². The minimum absolute atomic E-state index is 0.189. The first-order valence-corrected chi connectivity index (χ1v) is 6.79. The summed E-state index contributed by atoms with van der Waals surface area (Å²) in [6.07, 6.45) is 4.52. The Balaban J connectivity index is 2.00. The van der Waals surface area contributed by atoms with Crippen LogP contribution in [0, 0.1) is 17.0 Å². The van der Waals surface area contributed by atoms with Gasteiger partial charge in [-0.15, -0.1) is 0 Å². The van der Waals surface area contributed by atoms with Gasteiger partial charge in [0.2, 0.25) is 0 Å². The van der Waals surface area contributed by atoms with Crippen molar-refractivity contribution < 1.29 is 4.92 Å². The second-order valence-corrected chi connectivity index (χ2v) is 5.24. The highest BCUT2D eigenvalue weighted by Gasteiger charge is 2.20. The number of nitrogens with one attached hydrogen (secondary N) is 2. The maximum atomic E-state index is 10.9. The molecule has 0 unspecified atom stereocenters. The molecule has 1 aliphatic carbocycles. The normalized spacial score (nSPS) is 23.1. The molecule has 1 saturated carbocycles. The molecule has 5 nitrogen and oxygen atoms in total. The lowest BCUT2D eigenvalue weighted by atomic mass is 9.91. The molecular weight excluding hydrogens is 242 g/mol. The Morgan fingerprint density at radius 2 is 1.84 bits per heavy atom. The van der Waals surface area contributed by atoms with Gasteiger partial charge in [-0.1, -0.05) is 6.07 Å². The summed E-state index contributed by atoms with van der Waals surface area (Å²) in [5.74, 6) is 0. The van der Waals surface area contributed by atoms with Gasteiger partial charge in [-0.3, -0.25) is 10.1 Å². The fourth-order valence-electron chi connectivity index (χ4n) is 2.66. The van der Waals surface area contributed by atoms with E-state index in [1.165, 1.54) is 0 Å². The van der Waals surface area contributed by atoms with Gasteiger partial charge in [0.05, 0.1) is 4.92 Å². The Morgan fingerprint density at radius 1 is 1.21 bits per heavy atom. The molecule has 0 heterocycles. The lowest BCUT2D eigenvalue weighted by molar-refractivity contribution is -0.385. The zero-order chi connectivity index (χ0) is 13.8. The van der Waals surface area contributed by atoms with Crippen LogP contribution in [0.5, 0.6) is 0 Å². The van der Waals surface area contributed by atoms with Crippen LogP contribution in [0.1, 0.15) is 31.2 Å². The first-order chi connectivity index (χ1) is 9.10. The molecule has 0 aromatic heterocycles. The maximum Gasteiger partial charge on any atom is 0.274 e. The van der Waals surface area contributed by atoms with E-state index in [0.29, 0.717) is 17.6 Å². The van der Waals surface area contributed by atoms with Gasteiger partial charge in [-0.25, -0.2) is 0 Å². The molecule has 1 aliphatic rings. The zero-order valence-corrected chi connectivity index (χ0v) is 11.5. The number of nitrogens with zero attached hydrogens (tertiary/aromatic N) is 1. The van der Waals surface area contributed by atoms with Crippen LogP contribution in [-0.4, -0.2) is 24.1 Å².